The van der Waals surface area contributed by atoms with Crippen molar-refractivity contribution in [3.05, 3.63) is 34.9 Å². The highest BCUT2D eigenvalue weighted by Gasteiger charge is 2.33. The van der Waals surface area contributed by atoms with Crippen molar-refractivity contribution in [3.63, 3.8) is 0 Å². The fourth-order valence-corrected chi connectivity index (χ4v) is 2.89. The van der Waals surface area contributed by atoms with Gasteiger partial charge in [0.2, 0.25) is 5.91 Å². The molecule has 3 nitrogen and oxygen atoms in total. The third kappa shape index (κ3) is 3.40. The molecule has 1 aromatic carbocycles. The van der Waals surface area contributed by atoms with Crippen LogP contribution < -0.4 is 5.32 Å². The molecular weight excluding hydrogens is 248 g/mol. The van der Waals surface area contributed by atoms with Crippen LogP contribution in [0.3, 0.4) is 0 Å². The minimum atomic E-state index is -0.336. The monoisotopic (exact) mass is 274 g/mol. The summed E-state index contributed by atoms with van der Waals surface area (Å²) >= 11 is 0. The molecule has 1 aromatic rings. The maximum Gasteiger partial charge on any atom is 0.228 e. The number of aryl methyl sites for hydroxylation is 2. The molecule has 0 aromatic heterocycles. The van der Waals surface area contributed by atoms with Gasteiger partial charge in [0, 0.05) is 31.6 Å². The van der Waals surface area contributed by atoms with E-state index in [4.69, 9.17) is 0 Å². The van der Waals surface area contributed by atoms with E-state index in [2.05, 4.69) is 51.2 Å². The molecular formula is C17H26N2O. The van der Waals surface area contributed by atoms with E-state index in [-0.39, 0.29) is 11.3 Å². The molecule has 20 heavy (non-hydrogen) atoms. The lowest BCUT2D eigenvalue weighted by Crippen LogP contribution is -2.51. The molecule has 1 N–H and O–H groups in total. The van der Waals surface area contributed by atoms with Crippen LogP contribution in [0.25, 0.3) is 0 Å². The SMILES string of the molecule is Cc1ccc(CC(C)(C)C(=O)N2CCNCC2)c(C)c1. The molecule has 2 rings (SSSR count). The summed E-state index contributed by atoms with van der Waals surface area (Å²) in [5.41, 5.74) is 3.50. The van der Waals surface area contributed by atoms with Crippen molar-refractivity contribution < 1.29 is 4.79 Å². The van der Waals surface area contributed by atoms with Gasteiger partial charge in [-0.2, -0.15) is 0 Å². The van der Waals surface area contributed by atoms with E-state index in [1.807, 2.05) is 4.90 Å². The van der Waals surface area contributed by atoms with Crippen LogP contribution in [0, 0.1) is 19.3 Å². The summed E-state index contributed by atoms with van der Waals surface area (Å²) in [6, 6.07) is 6.49. The van der Waals surface area contributed by atoms with Crippen molar-refractivity contribution in [2.75, 3.05) is 26.2 Å². The van der Waals surface area contributed by atoms with E-state index in [0.29, 0.717) is 0 Å². The van der Waals surface area contributed by atoms with Crippen LogP contribution in [0.2, 0.25) is 0 Å². The van der Waals surface area contributed by atoms with Gasteiger partial charge in [-0.3, -0.25) is 4.79 Å². The highest BCUT2D eigenvalue weighted by molar-refractivity contribution is 5.82. The first-order valence-corrected chi connectivity index (χ1v) is 7.46. The number of hydrogen-bond acceptors (Lipinski definition) is 2. The number of rotatable bonds is 3. The van der Waals surface area contributed by atoms with Crippen LogP contribution in [0.5, 0.6) is 0 Å². The molecule has 1 amide bonds. The van der Waals surface area contributed by atoms with Crippen LogP contribution in [0.15, 0.2) is 18.2 Å². The van der Waals surface area contributed by atoms with E-state index >= 15 is 0 Å². The average Bonchev–Trinajstić information content (AvgIpc) is 2.42. The van der Waals surface area contributed by atoms with Crippen molar-refractivity contribution in [3.8, 4) is 0 Å². The third-order valence-corrected chi connectivity index (χ3v) is 4.11. The fraction of sp³-hybridized carbons (Fsp3) is 0.588. The molecule has 1 aliphatic heterocycles. The number of carbonyl (C=O) groups excluding carboxylic acids is 1. The second-order valence-electron chi connectivity index (χ2n) is 6.53. The van der Waals surface area contributed by atoms with E-state index in [1.54, 1.807) is 0 Å². The number of amides is 1. The average molecular weight is 274 g/mol. The van der Waals surface area contributed by atoms with Gasteiger partial charge in [0.05, 0.1) is 0 Å². The first-order valence-electron chi connectivity index (χ1n) is 7.46. The van der Waals surface area contributed by atoms with Gasteiger partial charge in [-0.25, -0.2) is 0 Å². The number of hydrogen-bond donors (Lipinski definition) is 1. The van der Waals surface area contributed by atoms with Gasteiger partial charge in [-0.1, -0.05) is 37.6 Å². The topological polar surface area (TPSA) is 32.3 Å². The highest BCUT2D eigenvalue weighted by atomic mass is 16.2. The van der Waals surface area contributed by atoms with E-state index in [9.17, 15) is 4.79 Å². The van der Waals surface area contributed by atoms with Crippen LogP contribution >= 0.6 is 0 Å². The number of benzene rings is 1. The van der Waals surface area contributed by atoms with E-state index in [1.165, 1.54) is 16.7 Å². The maximum atomic E-state index is 12.7. The fourth-order valence-electron chi connectivity index (χ4n) is 2.89. The van der Waals surface area contributed by atoms with Crippen molar-refractivity contribution in [2.45, 2.75) is 34.1 Å². The normalized spacial score (nSPS) is 16.3. The Balaban J connectivity index is 2.11. The lowest BCUT2D eigenvalue weighted by Gasteiger charge is -2.35. The Bertz CT molecular complexity index is 488. The Morgan fingerprint density at radius 1 is 1.25 bits per heavy atom. The Labute approximate surface area is 122 Å². The Hall–Kier alpha value is -1.35. The largest absolute Gasteiger partial charge is 0.340 e. The van der Waals surface area contributed by atoms with Crippen molar-refractivity contribution in [1.82, 2.24) is 10.2 Å². The zero-order valence-electron chi connectivity index (χ0n) is 13.1. The lowest BCUT2D eigenvalue weighted by molar-refractivity contribution is -0.140. The Kier molecular flexibility index (Phi) is 4.48. The summed E-state index contributed by atoms with van der Waals surface area (Å²) in [6.45, 7) is 11.8. The second-order valence-corrected chi connectivity index (χ2v) is 6.53. The molecule has 1 aliphatic rings. The van der Waals surface area contributed by atoms with Gasteiger partial charge in [0.15, 0.2) is 0 Å². The van der Waals surface area contributed by atoms with Gasteiger partial charge in [0.1, 0.15) is 0 Å². The summed E-state index contributed by atoms with van der Waals surface area (Å²) in [5, 5.41) is 3.29. The summed E-state index contributed by atoms with van der Waals surface area (Å²) in [5.74, 6) is 0.277. The van der Waals surface area contributed by atoms with E-state index < -0.39 is 0 Å². The van der Waals surface area contributed by atoms with Gasteiger partial charge in [-0.15, -0.1) is 0 Å². The molecule has 0 spiro atoms. The van der Waals surface area contributed by atoms with Crippen LogP contribution in [-0.2, 0) is 11.2 Å². The molecule has 0 radical (unpaired) electrons. The molecule has 1 fully saturated rings. The molecule has 1 heterocycles. The predicted molar refractivity (Wildman–Crippen MR) is 82.9 cm³/mol. The Morgan fingerprint density at radius 2 is 1.90 bits per heavy atom. The number of piperazine rings is 1. The summed E-state index contributed by atoms with van der Waals surface area (Å²) < 4.78 is 0. The Morgan fingerprint density at radius 3 is 2.50 bits per heavy atom. The van der Waals surface area contributed by atoms with Crippen LogP contribution in [-0.4, -0.2) is 37.0 Å². The number of nitrogens with one attached hydrogen (secondary N) is 1. The zero-order valence-corrected chi connectivity index (χ0v) is 13.1. The van der Waals surface area contributed by atoms with Gasteiger partial charge in [-0.05, 0) is 31.4 Å². The lowest BCUT2D eigenvalue weighted by atomic mass is 9.82. The van der Waals surface area contributed by atoms with Crippen molar-refractivity contribution in [1.29, 1.82) is 0 Å². The number of carbonyl (C=O) groups is 1. The molecule has 0 atom stereocenters. The molecule has 110 valence electrons. The van der Waals surface area contributed by atoms with E-state index in [0.717, 1.165) is 32.6 Å². The summed E-state index contributed by atoms with van der Waals surface area (Å²) in [6.07, 6.45) is 0.807. The third-order valence-electron chi connectivity index (χ3n) is 4.11. The van der Waals surface area contributed by atoms with Crippen LogP contribution in [0.1, 0.15) is 30.5 Å². The predicted octanol–water partition coefficient (Wildman–Crippen LogP) is 2.30. The smallest absolute Gasteiger partial charge is 0.228 e. The molecule has 0 saturated carbocycles. The zero-order chi connectivity index (χ0) is 14.8. The minimum Gasteiger partial charge on any atom is -0.340 e. The molecule has 1 saturated heterocycles. The molecule has 0 unspecified atom stereocenters. The first kappa shape index (κ1) is 15.0. The second kappa shape index (κ2) is 5.96. The van der Waals surface area contributed by atoms with Crippen molar-refractivity contribution in [2.24, 2.45) is 5.41 Å². The van der Waals surface area contributed by atoms with Gasteiger partial charge >= 0.3 is 0 Å². The quantitative estimate of drug-likeness (QED) is 0.917. The van der Waals surface area contributed by atoms with Gasteiger partial charge in [0.25, 0.3) is 0 Å². The summed E-state index contributed by atoms with van der Waals surface area (Å²) in [7, 11) is 0. The minimum absolute atomic E-state index is 0.277. The van der Waals surface area contributed by atoms with Crippen molar-refractivity contribution >= 4 is 5.91 Å². The molecule has 0 bridgehead atoms. The van der Waals surface area contributed by atoms with Gasteiger partial charge < -0.3 is 10.2 Å². The summed E-state index contributed by atoms with van der Waals surface area (Å²) in [4.78, 5) is 14.7. The standard InChI is InChI=1S/C17H26N2O/c1-13-5-6-15(14(2)11-13)12-17(3,4)16(20)19-9-7-18-8-10-19/h5-6,11,18H,7-10,12H2,1-4H3. The first-order chi connectivity index (χ1) is 9.40. The van der Waals surface area contributed by atoms with Crippen LogP contribution in [0.4, 0.5) is 0 Å². The molecule has 3 heteroatoms. The number of nitrogens with zero attached hydrogens (tertiary/aromatic N) is 1. The highest BCUT2D eigenvalue weighted by Crippen LogP contribution is 2.27. The maximum absolute atomic E-state index is 12.7. The molecule has 0 aliphatic carbocycles.